The summed E-state index contributed by atoms with van der Waals surface area (Å²) in [4.78, 5) is 2.88. The van der Waals surface area contributed by atoms with Gasteiger partial charge < -0.3 is 5.32 Å². The predicted octanol–water partition coefficient (Wildman–Crippen LogP) is 3.56. The quantitative estimate of drug-likeness (QED) is 0.820. The van der Waals surface area contributed by atoms with Gasteiger partial charge in [0.1, 0.15) is 0 Å². The highest BCUT2D eigenvalue weighted by Gasteiger charge is 2.46. The van der Waals surface area contributed by atoms with E-state index in [2.05, 4.69) is 24.1 Å². The monoisotopic (exact) mass is 264 g/mol. The summed E-state index contributed by atoms with van der Waals surface area (Å²) in [6, 6.07) is 1.60. The normalized spacial score (nSPS) is 39.8. The van der Waals surface area contributed by atoms with Gasteiger partial charge in [0.05, 0.1) is 0 Å². The Labute approximate surface area is 119 Å². The van der Waals surface area contributed by atoms with Crippen molar-refractivity contribution < 1.29 is 0 Å². The van der Waals surface area contributed by atoms with Crippen LogP contribution in [0.2, 0.25) is 0 Å². The second-order valence-corrected chi connectivity index (χ2v) is 7.59. The summed E-state index contributed by atoms with van der Waals surface area (Å²) < 4.78 is 0. The van der Waals surface area contributed by atoms with E-state index in [1.807, 2.05) is 0 Å². The Morgan fingerprint density at radius 3 is 2.21 bits per heavy atom. The van der Waals surface area contributed by atoms with E-state index >= 15 is 0 Å². The van der Waals surface area contributed by atoms with Gasteiger partial charge in [0.15, 0.2) is 0 Å². The highest BCUT2D eigenvalue weighted by molar-refractivity contribution is 5.04. The van der Waals surface area contributed by atoms with Crippen LogP contribution in [-0.4, -0.2) is 35.6 Å². The number of hydrogen-bond acceptors (Lipinski definition) is 2. The predicted molar refractivity (Wildman–Crippen MR) is 81.4 cm³/mol. The smallest absolute Gasteiger partial charge is 0.0309 e. The van der Waals surface area contributed by atoms with Gasteiger partial charge in [0, 0.05) is 30.7 Å². The fourth-order valence-corrected chi connectivity index (χ4v) is 4.34. The van der Waals surface area contributed by atoms with E-state index < -0.39 is 0 Å². The van der Waals surface area contributed by atoms with Crippen LogP contribution in [0.25, 0.3) is 0 Å². The largest absolute Gasteiger partial charge is 0.308 e. The molecule has 0 aromatic heterocycles. The first-order chi connectivity index (χ1) is 9.19. The minimum atomic E-state index is 0.412. The molecule has 2 saturated carbocycles. The zero-order valence-corrected chi connectivity index (χ0v) is 13.0. The fourth-order valence-electron chi connectivity index (χ4n) is 4.34. The Bertz CT molecular complexity index is 292. The number of rotatable bonds is 2. The Morgan fingerprint density at radius 2 is 1.58 bits per heavy atom. The average molecular weight is 264 g/mol. The molecule has 3 fully saturated rings. The van der Waals surface area contributed by atoms with Gasteiger partial charge in [0.25, 0.3) is 0 Å². The van der Waals surface area contributed by atoms with Gasteiger partial charge in [-0.2, -0.15) is 0 Å². The van der Waals surface area contributed by atoms with Crippen LogP contribution in [0.15, 0.2) is 0 Å². The first-order valence-electron chi connectivity index (χ1n) is 8.70. The van der Waals surface area contributed by atoms with Crippen LogP contribution in [0.4, 0.5) is 0 Å². The second kappa shape index (κ2) is 5.73. The Hall–Kier alpha value is -0.0800. The molecule has 2 atom stereocenters. The lowest BCUT2D eigenvalue weighted by atomic mass is 9.87. The minimum absolute atomic E-state index is 0.412. The fraction of sp³-hybridized carbons (Fsp3) is 1.00. The first-order valence-corrected chi connectivity index (χ1v) is 8.70. The van der Waals surface area contributed by atoms with Gasteiger partial charge in [-0.25, -0.2) is 0 Å². The topological polar surface area (TPSA) is 15.3 Å². The summed E-state index contributed by atoms with van der Waals surface area (Å²) in [6.45, 7) is 7.40. The molecule has 2 unspecified atom stereocenters. The summed E-state index contributed by atoms with van der Waals surface area (Å²) in [5, 5.41) is 3.86. The van der Waals surface area contributed by atoms with Gasteiger partial charge in [0.2, 0.25) is 0 Å². The molecule has 1 aliphatic heterocycles. The third-order valence-electron chi connectivity index (χ3n) is 5.90. The lowest BCUT2D eigenvalue weighted by Crippen LogP contribution is -2.65. The maximum absolute atomic E-state index is 3.86. The van der Waals surface area contributed by atoms with Crippen molar-refractivity contribution in [1.29, 1.82) is 0 Å². The zero-order valence-electron chi connectivity index (χ0n) is 13.0. The van der Waals surface area contributed by atoms with Crippen molar-refractivity contribution in [2.75, 3.05) is 13.1 Å². The van der Waals surface area contributed by atoms with Crippen molar-refractivity contribution in [2.24, 2.45) is 5.92 Å². The Morgan fingerprint density at radius 1 is 0.947 bits per heavy atom. The van der Waals surface area contributed by atoms with Crippen molar-refractivity contribution in [2.45, 2.75) is 89.3 Å². The second-order valence-electron chi connectivity index (χ2n) is 7.59. The van der Waals surface area contributed by atoms with Gasteiger partial charge in [-0.05, 0) is 45.4 Å². The molecule has 0 aromatic carbocycles. The van der Waals surface area contributed by atoms with E-state index in [9.17, 15) is 0 Å². The highest BCUT2D eigenvalue weighted by atomic mass is 15.3. The van der Waals surface area contributed by atoms with E-state index in [1.54, 1.807) is 0 Å². The lowest BCUT2D eigenvalue weighted by molar-refractivity contribution is 0.0359. The van der Waals surface area contributed by atoms with Crippen LogP contribution in [0.3, 0.4) is 0 Å². The molecule has 0 spiro atoms. The summed E-state index contributed by atoms with van der Waals surface area (Å²) >= 11 is 0. The molecular formula is C17H32N2. The van der Waals surface area contributed by atoms with Crippen LogP contribution < -0.4 is 5.32 Å². The van der Waals surface area contributed by atoms with E-state index in [0.29, 0.717) is 5.54 Å². The molecule has 2 nitrogen and oxygen atoms in total. The molecule has 1 heterocycles. The van der Waals surface area contributed by atoms with Crippen molar-refractivity contribution in [3.05, 3.63) is 0 Å². The maximum atomic E-state index is 3.86. The van der Waals surface area contributed by atoms with Crippen molar-refractivity contribution in [3.8, 4) is 0 Å². The SMILES string of the molecule is CC1CNC(C)(C2CC2)CN1C1CCCCCCC1. The summed E-state index contributed by atoms with van der Waals surface area (Å²) in [6.07, 6.45) is 13.1. The molecule has 3 rings (SSSR count). The van der Waals surface area contributed by atoms with Crippen LogP contribution in [0, 0.1) is 5.92 Å². The van der Waals surface area contributed by atoms with E-state index in [4.69, 9.17) is 0 Å². The van der Waals surface area contributed by atoms with Gasteiger partial charge in [-0.15, -0.1) is 0 Å². The van der Waals surface area contributed by atoms with Crippen LogP contribution in [0.5, 0.6) is 0 Å². The standard InChI is InChI=1S/C17H32N2/c1-14-12-18-17(2,15-10-11-15)13-19(14)16-8-6-4-3-5-7-9-16/h14-16,18H,3-13H2,1-2H3. The van der Waals surface area contributed by atoms with Gasteiger partial charge in [-0.1, -0.05) is 32.1 Å². The zero-order chi connectivity index (χ0) is 13.3. The third kappa shape index (κ3) is 3.16. The molecule has 0 radical (unpaired) electrons. The average Bonchev–Trinajstić information content (AvgIpc) is 3.17. The molecule has 2 aliphatic carbocycles. The molecule has 19 heavy (non-hydrogen) atoms. The first kappa shape index (κ1) is 13.9. The Balaban J connectivity index is 1.65. The molecular weight excluding hydrogens is 232 g/mol. The van der Waals surface area contributed by atoms with Crippen molar-refractivity contribution in [1.82, 2.24) is 10.2 Å². The molecule has 0 amide bonds. The molecule has 1 N–H and O–H groups in total. The Kier molecular flexibility index (Phi) is 4.19. The van der Waals surface area contributed by atoms with Gasteiger partial charge in [-0.3, -0.25) is 4.90 Å². The highest BCUT2D eigenvalue weighted by Crippen LogP contribution is 2.42. The molecule has 1 saturated heterocycles. The summed E-state index contributed by atoms with van der Waals surface area (Å²) in [5.41, 5.74) is 0.412. The van der Waals surface area contributed by atoms with E-state index in [-0.39, 0.29) is 0 Å². The lowest BCUT2D eigenvalue weighted by Gasteiger charge is -2.49. The van der Waals surface area contributed by atoms with Gasteiger partial charge >= 0.3 is 0 Å². The van der Waals surface area contributed by atoms with Crippen LogP contribution in [0.1, 0.15) is 71.6 Å². The van der Waals surface area contributed by atoms with Crippen molar-refractivity contribution in [3.63, 3.8) is 0 Å². The maximum Gasteiger partial charge on any atom is 0.0309 e. The minimum Gasteiger partial charge on any atom is -0.308 e. The number of nitrogens with one attached hydrogen (secondary N) is 1. The van der Waals surface area contributed by atoms with Crippen molar-refractivity contribution >= 4 is 0 Å². The number of piperazine rings is 1. The third-order valence-corrected chi connectivity index (χ3v) is 5.90. The van der Waals surface area contributed by atoms with E-state index in [0.717, 1.165) is 18.0 Å². The molecule has 2 heteroatoms. The number of hydrogen-bond donors (Lipinski definition) is 1. The van der Waals surface area contributed by atoms with Crippen LogP contribution >= 0.6 is 0 Å². The molecule has 3 aliphatic rings. The molecule has 0 aromatic rings. The molecule has 0 bridgehead atoms. The summed E-state index contributed by atoms with van der Waals surface area (Å²) in [5.74, 6) is 0.955. The molecule has 110 valence electrons. The van der Waals surface area contributed by atoms with Crippen LogP contribution in [-0.2, 0) is 0 Å². The van der Waals surface area contributed by atoms with E-state index in [1.165, 1.54) is 70.9 Å². The number of nitrogens with zero attached hydrogens (tertiary/aromatic N) is 1. The summed E-state index contributed by atoms with van der Waals surface area (Å²) in [7, 11) is 0.